The Morgan fingerprint density at radius 2 is 1.00 bits per heavy atom. The fourth-order valence-electron chi connectivity index (χ4n) is 5.75. The molecule has 7 aromatic carbocycles. The Bertz CT molecular complexity index is 1950. The minimum absolute atomic E-state index is 1.13. The SMILES string of the molecule is Cc1ccccc1N(c1ccc(-c2ccccc2)cc1)c1ccc2ccccc2c1-c1ccc2ccccc2c1. The van der Waals surface area contributed by atoms with Crippen LogP contribution in [0.5, 0.6) is 0 Å². The second kappa shape index (κ2) is 10.2. The number of aryl methyl sites for hydroxylation is 1. The molecule has 1 nitrogen and oxygen atoms in total. The van der Waals surface area contributed by atoms with Gasteiger partial charge in [-0.15, -0.1) is 0 Å². The molecule has 0 aromatic heterocycles. The Kier molecular flexibility index (Phi) is 6.11. The van der Waals surface area contributed by atoms with E-state index >= 15 is 0 Å². The zero-order valence-electron chi connectivity index (χ0n) is 22.5. The first-order valence-electron chi connectivity index (χ1n) is 13.8. The average molecular weight is 512 g/mol. The molecule has 0 spiro atoms. The van der Waals surface area contributed by atoms with Gasteiger partial charge in [0.1, 0.15) is 0 Å². The van der Waals surface area contributed by atoms with Gasteiger partial charge in [-0.3, -0.25) is 0 Å². The minimum atomic E-state index is 1.13. The van der Waals surface area contributed by atoms with Crippen LogP contribution in [0.25, 0.3) is 43.8 Å². The molecular weight excluding hydrogens is 482 g/mol. The summed E-state index contributed by atoms with van der Waals surface area (Å²) in [5.41, 5.74) is 9.58. The first-order valence-corrected chi connectivity index (χ1v) is 13.8. The molecule has 0 radical (unpaired) electrons. The number of para-hydroxylation sites is 1. The third kappa shape index (κ3) is 4.32. The van der Waals surface area contributed by atoms with E-state index in [0.717, 1.165) is 11.4 Å². The van der Waals surface area contributed by atoms with Gasteiger partial charge in [0.15, 0.2) is 0 Å². The summed E-state index contributed by atoms with van der Waals surface area (Å²) in [6, 6.07) is 56.8. The van der Waals surface area contributed by atoms with E-state index in [0.29, 0.717) is 0 Å². The van der Waals surface area contributed by atoms with Crippen molar-refractivity contribution in [3.05, 3.63) is 163 Å². The zero-order chi connectivity index (χ0) is 26.9. The standard InChI is InChI=1S/C39H29N/c1-28-11-5-10-18-37(28)40(35-24-21-31(22-25-35)29-12-3-2-4-13-29)38-26-23-32-15-8-9-17-36(32)39(38)34-20-19-30-14-6-7-16-33(30)27-34/h2-27H,1H3. The molecule has 40 heavy (non-hydrogen) atoms. The van der Waals surface area contributed by atoms with Crippen LogP contribution in [0.1, 0.15) is 5.56 Å². The van der Waals surface area contributed by atoms with E-state index in [4.69, 9.17) is 0 Å². The molecule has 0 saturated heterocycles. The van der Waals surface area contributed by atoms with Crippen LogP contribution in [0.4, 0.5) is 17.1 Å². The van der Waals surface area contributed by atoms with Crippen molar-refractivity contribution in [1.82, 2.24) is 0 Å². The van der Waals surface area contributed by atoms with Crippen LogP contribution < -0.4 is 4.90 Å². The van der Waals surface area contributed by atoms with Gasteiger partial charge in [0.05, 0.1) is 5.69 Å². The smallest absolute Gasteiger partial charge is 0.0546 e. The van der Waals surface area contributed by atoms with E-state index in [1.807, 2.05) is 0 Å². The van der Waals surface area contributed by atoms with Crippen LogP contribution in [0, 0.1) is 6.92 Å². The molecule has 0 aliphatic rings. The average Bonchev–Trinajstić information content (AvgIpc) is 3.02. The molecule has 7 rings (SSSR count). The molecule has 0 aliphatic heterocycles. The topological polar surface area (TPSA) is 3.24 Å². The number of nitrogens with zero attached hydrogens (tertiary/aromatic N) is 1. The molecule has 0 atom stereocenters. The van der Waals surface area contributed by atoms with Crippen molar-refractivity contribution in [2.45, 2.75) is 6.92 Å². The van der Waals surface area contributed by atoms with Crippen molar-refractivity contribution >= 4 is 38.6 Å². The van der Waals surface area contributed by atoms with Gasteiger partial charge in [-0.25, -0.2) is 0 Å². The fourth-order valence-corrected chi connectivity index (χ4v) is 5.75. The number of benzene rings is 7. The molecule has 1 heteroatoms. The Balaban J connectivity index is 1.49. The van der Waals surface area contributed by atoms with Crippen molar-refractivity contribution in [2.24, 2.45) is 0 Å². The fraction of sp³-hybridized carbons (Fsp3) is 0.0256. The van der Waals surface area contributed by atoms with Crippen molar-refractivity contribution in [2.75, 3.05) is 4.90 Å². The van der Waals surface area contributed by atoms with Crippen LogP contribution in [-0.4, -0.2) is 0 Å². The summed E-state index contributed by atoms with van der Waals surface area (Å²) in [6.07, 6.45) is 0. The Morgan fingerprint density at radius 3 is 1.80 bits per heavy atom. The van der Waals surface area contributed by atoms with Gasteiger partial charge in [0.2, 0.25) is 0 Å². The second-order valence-corrected chi connectivity index (χ2v) is 10.3. The van der Waals surface area contributed by atoms with E-state index in [9.17, 15) is 0 Å². The van der Waals surface area contributed by atoms with E-state index < -0.39 is 0 Å². The van der Waals surface area contributed by atoms with E-state index in [2.05, 4.69) is 170 Å². The van der Waals surface area contributed by atoms with Crippen LogP contribution >= 0.6 is 0 Å². The van der Waals surface area contributed by atoms with Crippen LogP contribution in [0.3, 0.4) is 0 Å². The van der Waals surface area contributed by atoms with Gasteiger partial charge in [-0.05, 0) is 81.1 Å². The summed E-state index contributed by atoms with van der Waals surface area (Å²) in [5.74, 6) is 0. The largest absolute Gasteiger partial charge is 0.310 e. The van der Waals surface area contributed by atoms with Gasteiger partial charge in [-0.1, -0.05) is 127 Å². The van der Waals surface area contributed by atoms with Crippen LogP contribution in [0.15, 0.2) is 158 Å². The quantitative estimate of drug-likeness (QED) is 0.222. The van der Waals surface area contributed by atoms with Gasteiger partial charge in [0, 0.05) is 16.9 Å². The zero-order valence-corrected chi connectivity index (χ0v) is 22.5. The van der Waals surface area contributed by atoms with Gasteiger partial charge in [0.25, 0.3) is 0 Å². The molecule has 0 fully saturated rings. The number of anilines is 3. The highest BCUT2D eigenvalue weighted by atomic mass is 15.1. The second-order valence-electron chi connectivity index (χ2n) is 10.3. The normalized spacial score (nSPS) is 11.1. The Morgan fingerprint density at radius 1 is 0.400 bits per heavy atom. The summed E-state index contributed by atoms with van der Waals surface area (Å²) < 4.78 is 0. The lowest BCUT2D eigenvalue weighted by atomic mass is 9.93. The van der Waals surface area contributed by atoms with Crippen LogP contribution in [-0.2, 0) is 0 Å². The number of hydrogen-bond acceptors (Lipinski definition) is 1. The summed E-state index contributed by atoms with van der Waals surface area (Å²) in [7, 11) is 0. The lowest BCUT2D eigenvalue weighted by Gasteiger charge is -2.30. The molecule has 190 valence electrons. The number of hydrogen-bond donors (Lipinski definition) is 0. The third-order valence-corrected chi connectivity index (χ3v) is 7.78. The van der Waals surface area contributed by atoms with Gasteiger partial charge >= 0.3 is 0 Å². The van der Waals surface area contributed by atoms with E-state index in [1.165, 1.54) is 55.0 Å². The molecule has 0 heterocycles. The maximum Gasteiger partial charge on any atom is 0.0546 e. The first kappa shape index (κ1) is 23.9. The molecule has 0 unspecified atom stereocenters. The minimum Gasteiger partial charge on any atom is -0.310 e. The summed E-state index contributed by atoms with van der Waals surface area (Å²) in [5, 5.41) is 4.97. The summed E-state index contributed by atoms with van der Waals surface area (Å²) in [4.78, 5) is 2.42. The van der Waals surface area contributed by atoms with Crippen molar-refractivity contribution < 1.29 is 0 Å². The summed E-state index contributed by atoms with van der Waals surface area (Å²) in [6.45, 7) is 2.19. The summed E-state index contributed by atoms with van der Waals surface area (Å²) >= 11 is 0. The van der Waals surface area contributed by atoms with E-state index in [1.54, 1.807) is 0 Å². The first-order chi connectivity index (χ1) is 19.8. The number of rotatable bonds is 5. The highest BCUT2D eigenvalue weighted by Gasteiger charge is 2.20. The number of fused-ring (bicyclic) bond motifs is 2. The Labute approximate surface area is 235 Å². The van der Waals surface area contributed by atoms with Crippen molar-refractivity contribution in [3.8, 4) is 22.3 Å². The third-order valence-electron chi connectivity index (χ3n) is 7.78. The monoisotopic (exact) mass is 511 g/mol. The molecule has 7 aromatic rings. The molecular formula is C39H29N. The lowest BCUT2D eigenvalue weighted by molar-refractivity contribution is 1.25. The molecule has 0 N–H and O–H groups in total. The molecule has 0 aliphatic carbocycles. The Hall–Kier alpha value is -5.14. The van der Waals surface area contributed by atoms with Crippen LogP contribution in [0.2, 0.25) is 0 Å². The maximum absolute atomic E-state index is 2.42. The van der Waals surface area contributed by atoms with Gasteiger partial charge in [-0.2, -0.15) is 0 Å². The molecule has 0 bridgehead atoms. The van der Waals surface area contributed by atoms with E-state index in [-0.39, 0.29) is 0 Å². The van der Waals surface area contributed by atoms with Gasteiger partial charge < -0.3 is 4.90 Å². The lowest BCUT2D eigenvalue weighted by Crippen LogP contribution is -2.12. The van der Waals surface area contributed by atoms with Crippen molar-refractivity contribution in [3.63, 3.8) is 0 Å². The predicted molar refractivity (Wildman–Crippen MR) is 172 cm³/mol. The van der Waals surface area contributed by atoms with Crippen molar-refractivity contribution in [1.29, 1.82) is 0 Å². The highest BCUT2D eigenvalue weighted by Crippen LogP contribution is 2.45. The maximum atomic E-state index is 2.42. The molecule has 0 saturated carbocycles. The molecule has 0 amide bonds. The predicted octanol–water partition coefficient (Wildman–Crippen LogP) is 11.1. The highest BCUT2D eigenvalue weighted by molar-refractivity contribution is 6.06.